The molecule has 0 fully saturated rings. The molecule has 120 valence electrons. The van der Waals surface area contributed by atoms with E-state index in [1.807, 2.05) is 31.2 Å². The van der Waals surface area contributed by atoms with Gasteiger partial charge in [0, 0.05) is 22.7 Å². The van der Waals surface area contributed by atoms with Gasteiger partial charge >= 0.3 is 0 Å². The van der Waals surface area contributed by atoms with E-state index in [0.29, 0.717) is 16.3 Å². The number of rotatable bonds is 5. The summed E-state index contributed by atoms with van der Waals surface area (Å²) in [6.45, 7) is 1.81. The molecule has 1 heterocycles. The molecule has 24 heavy (non-hydrogen) atoms. The van der Waals surface area contributed by atoms with Crippen LogP contribution >= 0.6 is 11.3 Å². The molecule has 0 unspecified atom stereocenters. The van der Waals surface area contributed by atoms with Gasteiger partial charge < -0.3 is 5.32 Å². The van der Waals surface area contributed by atoms with Crippen LogP contribution in [-0.4, -0.2) is 16.7 Å². The van der Waals surface area contributed by atoms with Gasteiger partial charge in [-0.2, -0.15) is 0 Å². The van der Waals surface area contributed by atoms with E-state index in [9.17, 15) is 9.59 Å². The lowest BCUT2D eigenvalue weighted by Crippen LogP contribution is -2.19. The van der Waals surface area contributed by atoms with Crippen molar-refractivity contribution in [2.75, 3.05) is 5.32 Å². The maximum atomic E-state index is 12.5. The highest BCUT2D eigenvalue weighted by atomic mass is 32.1. The quantitative estimate of drug-likeness (QED) is 0.713. The Balaban J connectivity index is 1.79. The molecule has 2 aromatic carbocycles. The molecule has 4 nitrogen and oxygen atoms in total. The molecule has 0 radical (unpaired) electrons. The SMILES string of the molecule is C[C@@H](C(=O)Nc1nccs1)c1cccc(C(=O)c2ccccc2)c1. The smallest absolute Gasteiger partial charge is 0.233 e. The summed E-state index contributed by atoms with van der Waals surface area (Å²) in [5, 5.41) is 5.16. The minimum Gasteiger partial charge on any atom is -0.301 e. The summed E-state index contributed by atoms with van der Waals surface area (Å²) in [7, 11) is 0. The molecule has 1 N–H and O–H groups in total. The number of carbonyl (C=O) groups excluding carboxylic acids is 2. The summed E-state index contributed by atoms with van der Waals surface area (Å²) in [4.78, 5) is 28.9. The average Bonchev–Trinajstić information content (AvgIpc) is 3.14. The standard InChI is InChI=1S/C19H16N2O2S/c1-13(18(23)21-19-20-10-11-24-19)15-8-5-9-16(12-15)17(22)14-6-3-2-4-7-14/h2-13H,1H3,(H,20,21,23)/t13-/m1/s1. The molecule has 0 saturated heterocycles. The van der Waals surface area contributed by atoms with E-state index in [-0.39, 0.29) is 17.6 Å². The Hall–Kier alpha value is -2.79. The van der Waals surface area contributed by atoms with Gasteiger partial charge in [-0.25, -0.2) is 4.98 Å². The van der Waals surface area contributed by atoms with Crippen molar-refractivity contribution >= 4 is 28.2 Å². The number of nitrogens with zero attached hydrogens (tertiary/aromatic N) is 1. The summed E-state index contributed by atoms with van der Waals surface area (Å²) in [6, 6.07) is 16.3. The lowest BCUT2D eigenvalue weighted by Gasteiger charge is -2.12. The Morgan fingerprint density at radius 1 is 1.04 bits per heavy atom. The maximum Gasteiger partial charge on any atom is 0.233 e. The number of hydrogen-bond donors (Lipinski definition) is 1. The molecule has 0 saturated carbocycles. The third-order valence-electron chi connectivity index (χ3n) is 3.74. The van der Waals surface area contributed by atoms with E-state index in [4.69, 9.17) is 0 Å². The molecule has 1 aromatic heterocycles. The molecule has 0 aliphatic rings. The van der Waals surface area contributed by atoms with E-state index in [1.54, 1.807) is 41.9 Å². The molecule has 3 aromatic rings. The van der Waals surface area contributed by atoms with E-state index in [0.717, 1.165) is 5.56 Å². The van der Waals surface area contributed by atoms with Crippen LogP contribution in [-0.2, 0) is 4.79 Å². The van der Waals surface area contributed by atoms with Crippen LogP contribution in [0.4, 0.5) is 5.13 Å². The first-order valence-corrected chi connectivity index (χ1v) is 8.43. The van der Waals surface area contributed by atoms with E-state index in [1.165, 1.54) is 11.3 Å². The zero-order valence-electron chi connectivity index (χ0n) is 13.1. The van der Waals surface area contributed by atoms with Crippen LogP contribution in [0.25, 0.3) is 0 Å². The third kappa shape index (κ3) is 3.58. The van der Waals surface area contributed by atoms with Crippen LogP contribution in [0.1, 0.15) is 34.3 Å². The second kappa shape index (κ2) is 7.19. The van der Waals surface area contributed by atoms with Crippen molar-refractivity contribution < 1.29 is 9.59 Å². The first-order valence-electron chi connectivity index (χ1n) is 7.55. The fourth-order valence-corrected chi connectivity index (χ4v) is 2.89. The fraction of sp³-hybridized carbons (Fsp3) is 0.105. The van der Waals surface area contributed by atoms with Gasteiger partial charge in [0.2, 0.25) is 5.91 Å². The Bertz CT molecular complexity index is 845. The van der Waals surface area contributed by atoms with Crippen molar-refractivity contribution in [2.24, 2.45) is 0 Å². The summed E-state index contributed by atoms with van der Waals surface area (Å²) >= 11 is 1.37. The summed E-state index contributed by atoms with van der Waals surface area (Å²) in [6.07, 6.45) is 1.64. The van der Waals surface area contributed by atoms with Crippen LogP contribution < -0.4 is 5.32 Å². The topological polar surface area (TPSA) is 59.1 Å². The van der Waals surface area contributed by atoms with E-state index >= 15 is 0 Å². The van der Waals surface area contributed by atoms with Crippen LogP contribution in [0.2, 0.25) is 0 Å². The van der Waals surface area contributed by atoms with Gasteiger partial charge in [0.15, 0.2) is 10.9 Å². The Labute approximate surface area is 144 Å². The maximum absolute atomic E-state index is 12.5. The monoisotopic (exact) mass is 336 g/mol. The van der Waals surface area contributed by atoms with Crippen molar-refractivity contribution in [1.82, 2.24) is 4.98 Å². The lowest BCUT2D eigenvalue weighted by atomic mass is 9.95. The Kier molecular flexibility index (Phi) is 4.82. The van der Waals surface area contributed by atoms with E-state index in [2.05, 4.69) is 10.3 Å². The largest absolute Gasteiger partial charge is 0.301 e. The van der Waals surface area contributed by atoms with Gasteiger partial charge in [-0.1, -0.05) is 48.5 Å². The summed E-state index contributed by atoms with van der Waals surface area (Å²) < 4.78 is 0. The molecule has 1 atom stereocenters. The highest BCUT2D eigenvalue weighted by Crippen LogP contribution is 2.21. The first kappa shape index (κ1) is 16.1. The van der Waals surface area contributed by atoms with Gasteiger partial charge in [-0.15, -0.1) is 11.3 Å². The van der Waals surface area contributed by atoms with Crippen LogP contribution in [0.5, 0.6) is 0 Å². The minimum atomic E-state index is -0.377. The highest BCUT2D eigenvalue weighted by Gasteiger charge is 2.18. The number of carbonyl (C=O) groups is 2. The Morgan fingerprint density at radius 2 is 1.79 bits per heavy atom. The van der Waals surface area contributed by atoms with Gasteiger partial charge in [0.25, 0.3) is 0 Å². The first-order chi connectivity index (χ1) is 11.6. The number of thiazole rings is 1. The molecule has 0 aliphatic carbocycles. The molecule has 0 bridgehead atoms. The zero-order chi connectivity index (χ0) is 16.9. The predicted molar refractivity (Wildman–Crippen MR) is 95.5 cm³/mol. The molecule has 3 rings (SSSR count). The molecular weight excluding hydrogens is 320 g/mol. The van der Waals surface area contributed by atoms with Gasteiger partial charge in [-0.3, -0.25) is 9.59 Å². The second-order valence-corrected chi connectivity index (χ2v) is 6.26. The lowest BCUT2D eigenvalue weighted by molar-refractivity contribution is -0.117. The normalized spacial score (nSPS) is 11.7. The molecular formula is C19H16N2O2S. The van der Waals surface area contributed by atoms with Crippen LogP contribution in [0.3, 0.4) is 0 Å². The number of ketones is 1. The third-order valence-corrected chi connectivity index (χ3v) is 4.43. The number of amides is 1. The summed E-state index contributed by atoms with van der Waals surface area (Å²) in [5.41, 5.74) is 2.01. The van der Waals surface area contributed by atoms with Crippen molar-refractivity contribution in [3.63, 3.8) is 0 Å². The van der Waals surface area contributed by atoms with Crippen LogP contribution in [0.15, 0.2) is 66.2 Å². The van der Waals surface area contributed by atoms with Crippen molar-refractivity contribution in [3.05, 3.63) is 82.9 Å². The molecule has 1 amide bonds. The second-order valence-electron chi connectivity index (χ2n) is 5.37. The average molecular weight is 336 g/mol. The molecule has 0 spiro atoms. The van der Waals surface area contributed by atoms with Crippen molar-refractivity contribution in [3.8, 4) is 0 Å². The van der Waals surface area contributed by atoms with Crippen molar-refractivity contribution in [2.45, 2.75) is 12.8 Å². The number of nitrogens with one attached hydrogen (secondary N) is 1. The van der Waals surface area contributed by atoms with Gasteiger partial charge in [-0.05, 0) is 18.6 Å². The predicted octanol–water partition coefficient (Wildman–Crippen LogP) is 4.12. The number of hydrogen-bond acceptors (Lipinski definition) is 4. The highest BCUT2D eigenvalue weighted by molar-refractivity contribution is 7.13. The van der Waals surface area contributed by atoms with Crippen molar-refractivity contribution in [1.29, 1.82) is 0 Å². The van der Waals surface area contributed by atoms with Crippen LogP contribution in [0, 0.1) is 0 Å². The number of benzene rings is 2. The number of anilines is 1. The van der Waals surface area contributed by atoms with Gasteiger partial charge in [0.05, 0.1) is 5.92 Å². The Morgan fingerprint density at radius 3 is 2.50 bits per heavy atom. The number of aromatic nitrogens is 1. The fourth-order valence-electron chi connectivity index (χ4n) is 2.36. The molecule has 5 heteroatoms. The minimum absolute atomic E-state index is 0.0509. The van der Waals surface area contributed by atoms with Gasteiger partial charge in [0.1, 0.15) is 0 Å². The summed E-state index contributed by atoms with van der Waals surface area (Å²) in [5.74, 6) is -0.573. The molecule has 0 aliphatic heterocycles. The zero-order valence-corrected chi connectivity index (χ0v) is 13.9. The van der Waals surface area contributed by atoms with E-state index < -0.39 is 0 Å².